The number of aryl methyl sites for hydroxylation is 1. The van der Waals surface area contributed by atoms with Gasteiger partial charge in [0.05, 0.1) is 0 Å². The molecule has 0 saturated carbocycles. The SMILES string of the molecule is Cc1ccccc1N1c2nccnc2N(C)C1C1C(C)c2ccccc2N2C=CN(C)C12. The maximum atomic E-state index is 4.81. The molecule has 3 aromatic rings. The van der Waals surface area contributed by atoms with Crippen LogP contribution in [0, 0.1) is 12.8 Å². The third-order valence-corrected chi connectivity index (χ3v) is 7.39. The van der Waals surface area contributed by atoms with Crippen molar-refractivity contribution in [1.29, 1.82) is 0 Å². The first kappa shape index (κ1) is 19.2. The van der Waals surface area contributed by atoms with Gasteiger partial charge in [-0.2, -0.15) is 0 Å². The van der Waals surface area contributed by atoms with Crippen molar-refractivity contribution in [3.05, 3.63) is 84.5 Å². The highest BCUT2D eigenvalue weighted by molar-refractivity contribution is 5.79. The Kier molecular flexibility index (Phi) is 4.18. The molecule has 2 aromatic carbocycles. The van der Waals surface area contributed by atoms with Gasteiger partial charge in [0, 0.05) is 56.2 Å². The number of nitrogens with zero attached hydrogens (tertiary/aromatic N) is 6. The minimum atomic E-state index is 0.0757. The second kappa shape index (κ2) is 6.99. The highest BCUT2D eigenvalue weighted by atomic mass is 15.5. The van der Waals surface area contributed by atoms with E-state index in [9.17, 15) is 0 Å². The van der Waals surface area contributed by atoms with Crippen LogP contribution in [0.5, 0.6) is 0 Å². The summed E-state index contributed by atoms with van der Waals surface area (Å²) in [5.74, 6) is 2.50. The van der Waals surface area contributed by atoms with Crippen LogP contribution < -0.4 is 14.7 Å². The van der Waals surface area contributed by atoms with Gasteiger partial charge >= 0.3 is 0 Å². The summed E-state index contributed by atoms with van der Waals surface area (Å²) in [4.78, 5) is 19.1. The zero-order valence-electron chi connectivity index (χ0n) is 18.9. The van der Waals surface area contributed by atoms with Crippen LogP contribution in [0.2, 0.25) is 0 Å². The average Bonchev–Trinajstić information content (AvgIpc) is 3.33. The fourth-order valence-electron chi connectivity index (χ4n) is 5.90. The van der Waals surface area contributed by atoms with Crippen molar-refractivity contribution in [2.45, 2.75) is 32.1 Å². The van der Waals surface area contributed by atoms with Crippen molar-refractivity contribution in [3.63, 3.8) is 0 Å². The van der Waals surface area contributed by atoms with Crippen molar-refractivity contribution in [2.75, 3.05) is 28.8 Å². The van der Waals surface area contributed by atoms with Crippen LogP contribution in [0.15, 0.2) is 73.3 Å². The van der Waals surface area contributed by atoms with Crippen molar-refractivity contribution in [1.82, 2.24) is 14.9 Å². The minimum absolute atomic E-state index is 0.0757. The molecular weight excluding hydrogens is 396 g/mol. The van der Waals surface area contributed by atoms with E-state index in [4.69, 9.17) is 9.97 Å². The number of para-hydroxylation sites is 2. The number of benzene rings is 2. The van der Waals surface area contributed by atoms with Gasteiger partial charge in [-0.25, -0.2) is 9.97 Å². The van der Waals surface area contributed by atoms with Crippen LogP contribution in [0.3, 0.4) is 0 Å². The number of rotatable bonds is 2. The van der Waals surface area contributed by atoms with Gasteiger partial charge in [0.15, 0.2) is 11.6 Å². The Morgan fingerprint density at radius 1 is 0.781 bits per heavy atom. The molecule has 4 heterocycles. The lowest BCUT2D eigenvalue weighted by atomic mass is 9.77. The topological polar surface area (TPSA) is 38.7 Å². The highest BCUT2D eigenvalue weighted by Gasteiger charge is 2.52. The van der Waals surface area contributed by atoms with E-state index in [0.717, 1.165) is 11.6 Å². The summed E-state index contributed by atoms with van der Waals surface area (Å²) in [5.41, 5.74) is 5.13. The fourth-order valence-corrected chi connectivity index (χ4v) is 5.90. The van der Waals surface area contributed by atoms with E-state index < -0.39 is 0 Å². The summed E-state index contributed by atoms with van der Waals surface area (Å²) < 4.78 is 0. The van der Waals surface area contributed by atoms with E-state index in [1.165, 1.54) is 22.5 Å². The zero-order valence-corrected chi connectivity index (χ0v) is 18.9. The van der Waals surface area contributed by atoms with Gasteiger partial charge in [0.2, 0.25) is 0 Å². The molecule has 0 aliphatic carbocycles. The Labute approximate surface area is 189 Å². The van der Waals surface area contributed by atoms with Gasteiger partial charge in [0.1, 0.15) is 12.3 Å². The van der Waals surface area contributed by atoms with Crippen LogP contribution >= 0.6 is 0 Å². The van der Waals surface area contributed by atoms with Gasteiger partial charge in [-0.05, 0) is 36.1 Å². The summed E-state index contributed by atoms with van der Waals surface area (Å²) in [6.07, 6.45) is 8.31. The fraction of sp³-hybridized carbons (Fsp3) is 0.308. The Morgan fingerprint density at radius 2 is 1.47 bits per heavy atom. The zero-order chi connectivity index (χ0) is 22.0. The summed E-state index contributed by atoms with van der Waals surface area (Å²) in [7, 11) is 4.35. The van der Waals surface area contributed by atoms with Gasteiger partial charge < -0.3 is 19.6 Å². The number of hydrogen-bond acceptors (Lipinski definition) is 6. The number of aromatic nitrogens is 2. The Hall–Kier alpha value is -3.54. The Balaban J connectivity index is 1.55. The minimum Gasteiger partial charge on any atom is -0.358 e. The lowest BCUT2D eigenvalue weighted by Gasteiger charge is -2.50. The molecule has 3 aliphatic heterocycles. The average molecular weight is 425 g/mol. The van der Waals surface area contributed by atoms with E-state index in [0.29, 0.717) is 5.92 Å². The smallest absolute Gasteiger partial charge is 0.178 e. The van der Waals surface area contributed by atoms with Gasteiger partial charge in [-0.1, -0.05) is 43.3 Å². The highest BCUT2D eigenvalue weighted by Crippen LogP contribution is 2.52. The molecular formula is C26H28N6. The van der Waals surface area contributed by atoms with E-state index in [-0.39, 0.29) is 18.2 Å². The number of anilines is 4. The van der Waals surface area contributed by atoms with Gasteiger partial charge in [0.25, 0.3) is 0 Å². The quantitative estimate of drug-likeness (QED) is 0.595. The molecule has 0 fully saturated rings. The molecule has 0 radical (unpaired) electrons. The van der Waals surface area contributed by atoms with E-state index >= 15 is 0 Å². The lowest BCUT2D eigenvalue weighted by Crippen LogP contribution is -2.59. The second-order valence-electron chi connectivity index (χ2n) is 9.09. The number of fused-ring (bicyclic) bond motifs is 4. The molecule has 0 spiro atoms. The molecule has 0 N–H and O–H groups in total. The molecule has 6 rings (SSSR count). The molecule has 1 aromatic heterocycles. The molecule has 0 amide bonds. The lowest BCUT2D eigenvalue weighted by molar-refractivity contribution is 0.190. The van der Waals surface area contributed by atoms with Gasteiger partial charge in [-0.15, -0.1) is 0 Å². The molecule has 4 atom stereocenters. The Bertz CT molecular complexity index is 1210. The van der Waals surface area contributed by atoms with E-state index in [1.54, 1.807) is 12.4 Å². The van der Waals surface area contributed by atoms with E-state index in [1.807, 2.05) is 0 Å². The molecule has 32 heavy (non-hydrogen) atoms. The predicted molar refractivity (Wildman–Crippen MR) is 129 cm³/mol. The van der Waals surface area contributed by atoms with Crippen LogP contribution in [0.25, 0.3) is 0 Å². The first-order valence-corrected chi connectivity index (χ1v) is 11.2. The normalized spacial score (nSPS) is 25.8. The summed E-state index contributed by atoms with van der Waals surface area (Å²) in [5, 5.41) is 0. The molecule has 0 bridgehead atoms. The molecule has 162 valence electrons. The largest absolute Gasteiger partial charge is 0.358 e. The summed E-state index contributed by atoms with van der Waals surface area (Å²) in [6, 6.07) is 17.4. The number of hydrogen-bond donors (Lipinski definition) is 0. The Morgan fingerprint density at radius 3 is 2.25 bits per heavy atom. The third-order valence-electron chi connectivity index (χ3n) is 7.39. The molecule has 3 aliphatic rings. The summed E-state index contributed by atoms with van der Waals surface area (Å²) >= 11 is 0. The standard InChI is InChI=1S/C26H28N6/c1-17-9-5-7-11-20(17)32-24-23(27-13-14-28-24)30(4)26(32)22-18(2)19-10-6-8-12-21(19)31-16-15-29(3)25(22)31/h5-16,18,22,25-26H,1-4H3. The van der Waals surface area contributed by atoms with Crippen LogP contribution in [0.4, 0.5) is 23.0 Å². The predicted octanol–water partition coefficient (Wildman–Crippen LogP) is 4.68. The van der Waals surface area contributed by atoms with Crippen molar-refractivity contribution in [3.8, 4) is 0 Å². The van der Waals surface area contributed by atoms with Crippen molar-refractivity contribution < 1.29 is 0 Å². The molecule has 6 nitrogen and oxygen atoms in total. The van der Waals surface area contributed by atoms with Crippen LogP contribution in [-0.2, 0) is 0 Å². The summed E-state index contributed by atoms with van der Waals surface area (Å²) in [6.45, 7) is 4.55. The molecule has 6 heteroatoms. The molecule has 0 saturated heterocycles. The third kappa shape index (κ3) is 2.52. The van der Waals surface area contributed by atoms with Crippen LogP contribution in [0.1, 0.15) is 24.0 Å². The maximum absolute atomic E-state index is 4.81. The maximum Gasteiger partial charge on any atom is 0.178 e. The van der Waals surface area contributed by atoms with Crippen molar-refractivity contribution >= 4 is 23.0 Å². The van der Waals surface area contributed by atoms with Gasteiger partial charge in [-0.3, -0.25) is 0 Å². The van der Waals surface area contributed by atoms with Crippen LogP contribution in [-0.4, -0.2) is 41.3 Å². The molecule has 4 unspecified atom stereocenters. The monoisotopic (exact) mass is 424 g/mol. The first-order valence-electron chi connectivity index (χ1n) is 11.2. The van der Waals surface area contributed by atoms with E-state index in [2.05, 4.69) is 108 Å². The second-order valence-corrected chi connectivity index (χ2v) is 9.09. The first-order chi connectivity index (χ1) is 15.6. The van der Waals surface area contributed by atoms with Crippen molar-refractivity contribution in [2.24, 2.45) is 5.92 Å².